The van der Waals surface area contributed by atoms with Crippen molar-refractivity contribution in [2.24, 2.45) is 5.92 Å². The number of alkyl halides is 3. The first-order chi connectivity index (χ1) is 8.38. The van der Waals surface area contributed by atoms with Gasteiger partial charge in [0.2, 0.25) is 0 Å². The summed E-state index contributed by atoms with van der Waals surface area (Å²) in [5.41, 5.74) is -0.612. The smallest absolute Gasteiger partial charge is 0.307 e. The summed E-state index contributed by atoms with van der Waals surface area (Å²) in [5, 5.41) is 3.19. The molecule has 106 valence electrons. The fourth-order valence-corrected chi connectivity index (χ4v) is 2.86. The van der Waals surface area contributed by atoms with E-state index < -0.39 is 17.6 Å². The Kier molecular flexibility index (Phi) is 3.56. The van der Waals surface area contributed by atoms with Crippen LogP contribution < -0.4 is 5.32 Å². The van der Waals surface area contributed by atoms with Crippen LogP contribution in [0.1, 0.15) is 30.4 Å². The Morgan fingerprint density at radius 1 is 1.21 bits per heavy atom. The molecule has 6 heteroatoms. The number of hydrogen-bond donors (Lipinski definition) is 1. The predicted molar refractivity (Wildman–Crippen MR) is 65.6 cm³/mol. The summed E-state index contributed by atoms with van der Waals surface area (Å²) < 4.78 is 51.0. The molecule has 1 N–H and O–H groups in total. The Labute approximate surface area is 114 Å². The second-order valence-electron chi connectivity index (χ2n) is 5.42. The van der Waals surface area contributed by atoms with Gasteiger partial charge in [0.1, 0.15) is 5.82 Å². The molecule has 1 aromatic rings. The molecule has 0 atom stereocenters. The third kappa shape index (κ3) is 2.58. The maximum absolute atomic E-state index is 13.5. The molecule has 0 unspecified atom stereocenters. The van der Waals surface area contributed by atoms with Gasteiger partial charge in [0.05, 0.1) is 5.56 Å². The number of benzene rings is 1. The summed E-state index contributed by atoms with van der Waals surface area (Å²) in [6.07, 6.45) is -1.19. The van der Waals surface area contributed by atoms with Gasteiger partial charge < -0.3 is 5.32 Å². The van der Waals surface area contributed by atoms with Crippen LogP contribution in [0.5, 0.6) is 0 Å². The van der Waals surface area contributed by atoms with Crippen molar-refractivity contribution in [3.05, 3.63) is 35.1 Å². The summed E-state index contributed by atoms with van der Waals surface area (Å²) in [6.45, 7) is 0.169. The van der Waals surface area contributed by atoms with Crippen molar-refractivity contribution in [2.75, 3.05) is 0 Å². The van der Waals surface area contributed by atoms with Gasteiger partial charge in [0, 0.05) is 17.6 Å². The quantitative estimate of drug-likeness (QED) is 0.834. The van der Waals surface area contributed by atoms with Gasteiger partial charge in [-0.05, 0) is 43.4 Å². The second kappa shape index (κ2) is 4.63. The number of rotatable bonds is 3. The number of nitrogens with one attached hydrogen (secondary N) is 1. The van der Waals surface area contributed by atoms with Crippen LogP contribution in [0.25, 0.3) is 0 Å². The van der Waals surface area contributed by atoms with Crippen LogP contribution in [-0.2, 0) is 12.7 Å². The highest BCUT2D eigenvalue weighted by molar-refractivity contribution is 5.85. The average Bonchev–Trinajstić information content (AvgIpc) is 2.14. The molecule has 0 radical (unpaired) electrons. The molecule has 1 aromatic carbocycles. The summed E-state index contributed by atoms with van der Waals surface area (Å²) in [5.74, 6) is 0.200. The molecular weight excluding hydrogens is 282 g/mol. The molecule has 4 rings (SSSR count). The number of hydrogen-bond acceptors (Lipinski definition) is 1. The van der Waals surface area contributed by atoms with Crippen LogP contribution in [0.4, 0.5) is 17.6 Å². The number of halogens is 5. The molecule has 0 spiro atoms. The first-order valence-corrected chi connectivity index (χ1v) is 5.99. The molecular formula is C13H14ClF4N. The lowest BCUT2D eigenvalue weighted by Crippen LogP contribution is -2.66. The highest BCUT2D eigenvalue weighted by atomic mass is 35.5. The van der Waals surface area contributed by atoms with Crippen LogP contribution >= 0.6 is 12.4 Å². The summed E-state index contributed by atoms with van der Waals surface area (Å²) in [6, 6.07) is 2.56. The lowest BCUT2D eigenvalue weighted by molar-refractivity contribution is -0.137. The molecule has 2 bridgehead atoms. The van der Waals surface area contributed by atoms with Gasteiger partial charge in [0.15, 0.2) is 0 Å². The van der Waals surface area contributed by atoms with E-state index in [1.54, 1.807) is 0 Å². The molecule has 1 nitrogen and oxygen atoms in total. The van der Waals surface area contributed by atoms with Crippen LogP contribution in [0, 0.1) is 11.7 Å². The monoisotopic (exact) mass is 295 g/mol. The van der Waals surface area contributed by atoms with Crippen molar-refractivity contribution in [3.8, 4) is 0 Å². The lowest BCUT2D eigenvalue weighted by atomic mass is 9.50. The highest BCUT2D eigenvalue weighted by Gasteiger charge is 2.56. The molecule has 19 heavy (non-hydrogen) atoms. The van der Waals surface area contributed by atoms with Gasteiger partial charge in [-0.3, -0.25) is 0 Å². The van der Waals surface area contributed by atoms with Crippen molar-refractivity contribution in [1.29, 1.82) is 0 Å². The third-order valence-corrected chi connectivity index (χ3v) is 4.07. The fraction of sp³-hybridized carbons (Fsp3) is 0.538. The van der Waals surface area contributed by atoms with E-state index in [1.165, 1.54) is 0 Å². The molecule has 0 aliphatic heterocycles. The van der Waals surface area contributed by atoms with Crippen molar-refractivity contribution in [2.45, 2.75) is 37.5 Å². The van der Waals surface area contributed by atoms with Crippen LogP contribution in [0.3, 0.4) is 0 Å². The first-order valence-electron chi connectivity index (χ1n) is 5.99. The van der Waals surface area contributed by atoms with Gasteiger partial charge >= 0.3 is 6.18 Å². The van der Waals surface area contributed by atoms with E-state index in [9.17, 15) is 17.6 Å². The normalized spacial score (nSPS) is 28.1. The molecule has 3 aliphatic rings. The Morgan fingerprint density at radius 3 is 2.32 bits per heavy atom. The lowest BCUT2D eigenvalue weighted by Gasteiger charge is -2.62. The highest BCUT2D eigenvalue weighted by Crippen LogP contribution is 2.57. The molecule has 0 heterocycles. The zero-order valence-electron chi connectivity index (χ0n) is 10.1. The molecule has 3 fully saturated rings. The van der Waals surface area contributed by atoms with Crippen molar-refractivity contribution < 1.29 is 17.6 Å². The van der Waals surface area contributed by atoms with Crippen molar-refractivity contribution in [3.63, 3.8) is 0 Å². The van der Waals surface area contributed by atoms with E-state index in [-0.39, 0.29) is 30.1 Å². The van der Waals surface area contributed by atoms with Gasteiger partial charge in [-0.1, -0.05) is 0 Å². The van der Waals surface area contributed by atoms with E-state index in [0.717, 1.165) is 43.4 Å². The SMILES string of the molecule is Cl.Fc1ccc(C(F)(F)F)cc1CNC12CC(C1)C2. The van der Waals surface area contributed by atoms with Gasteiger partial charge in [-0.15, -0.1) is 12.4 Å². The minimum absolute atomic E-state index is 0. The largest absolute Gasteiger partial charge is 0.416 e. The standard InChI is InChI=1S/C13H13F4N.ClH/c14-11-2-1-10(13(15,16)17)3-9(11)7-18-12-4-8(5-12)6-12;/h1-3,8,18H,4-7H2;1H. The average molecular weight is 296 g/mol. The zero-order chi connectivity index (χ0) is 13.0. The van der Waals surface area contributed by atoms with E-state index in [2.05, 4.69) is 5.32 Å². The maximum Gasteiger partial charge on any atom is 0.416 e. The fourth-order valence-electron chi connectivity index (χ4n) is 2.86. The van der Waals surface area contributed by atoms with Crippen molar-refractivity contribution in [1.82, 2.24) is 5.32 Å². The molecule has 3 aliphatic carbocycles. The van der Waals surface area contributed by atoms with E-state index in [4.69, 9.17) is 0 Å². The Balaban J connectivity index is 0.00000133. The summed E-state index contributed by atoms with van der Waals surface area (Å²) in [4.78, 5) is 0. The second-order valence-corrected chi connectivity index (χ2v) is 5.42. The predicted octanol–water partition coefficient (Wildman–Crippen LogP) is 3.91. The van der Waals surface area contributed by atoms with Gasteiger partial charge in [-0.2, -0.15) is 13.2 Å². The summed E-state index contributed by atoms with van der Waals surface area (Å²) in [7, 11) is 0. The Hall–Kier alpha value is -0.810. The Bertz CT molecular complexity index is 469. The van der Waals surface area contributed by atoms with Crippen molar-refractivity contribution >= 4 is 12.4 Å². The molecule has 0 aromatic heterocycles. The third-order valence-electron chi connectivity index (χ3n) is 4.07. The topological polar surface area (TPSA) is 12.0 Å². The van der Waals surface area contributed by atoms with Crippen LogP contribution in [-0.4, -0.2) is 5.54 Å². The first kappa shape index (κ1) is 14.6. The molecule has 0 amide bonds. The van der Waals surface area contributed by atoms with E-state index in [1.807, 2.05) is 0 Å². The van der Waals surface area contributed by atoms with Gasteiger partial charge in [-0.25, -0.2) is 4.39 Å². The maximum atomic E-state index is 13.5. The molecule has 3 saturated carbocycles. The summed E-state index contributed by atoms with van der Waals surface area (Å²) >= 11 is 0. The van der Waals surface area contributed by atoms with E-state index >= 15 is 0 Å². The van der Waals surface area contributed by atoms with Crippen LogP contribution in [0.15, 0.2) is 18.2 Å². The zero-order valence-corrected chi connectivity index (χ0v) is 10.9. The Morgan fingerprint density at radius 2 is 1.84 bits per heavy atom. The molecule has 0 saturated heterocycles. The van der Waals surface area contributed by atoms with Gasteiger partial charge in [0.25, 0.3) is 0 Å². The van der Waals surface area contributed by atoms with Crippen LogP contribution in [0.2, 0.25) is 0 Å². The minimum Gasteiger partial charge on any atom is -0.307 e. The van der Waals surface area contributed by atoms with E-state index in [0.29, 0.717) is 0 Å². The minimum atomic E-state index is -4.42.